The van der Waals surface area contributed by atoms with Crippen molar-refractivity contribution in [2.24, 2.45) is 0 Å². The second kappa shape index (κ2) is 6.12. The van der Waals surface area contributed by atoms with Gasteiger partial charge < -0.3 is 14.2 Å². The third-order valence-electron chi connectivity index (χ3n) is 4.23. The van der Waals surface area contributed by atoms with Crippen LogP contribution in [0.2, 0.25) is 0 Å². The molecule has 0 saturated carbocycles. The number of hydrogen-bond acceptors (Lipinski definition) is 4. The minimum Gasteiger partial charge on any atom is -0.488 e. The van der Waals surface area contributed by atoms with Crippen molar-refractivity contribution in [2.75, 3.05) is 40.0 Å². The number of ether oxygens (including phenoxy) is 3. The predicted octanol–water partition coefficient (Wildman–Crippen LogP) is 1.95. The molecule has 2 aliphatic rings. The normalized spacial score (nSPS) is 30.1. The van der Waals surface area contributed by atoms with Crippen LogP contribution in [0.1, 0.15) is 12.8 Å². The van der Waals surface area contributed by atoms with Crippen LogP contribution in [-0.4, -0.2) is 56.6 Å². The monoisotopic (exact) mass is 277 g/mol. The summed E-state index contributed by atoms with van der Waals surface area (Å²) in [5.41, 5.74) is 0.00713. The van der Waals surface area contributed by atoms with Crippen LogP contribution in [0.25, 0.3) is 0 Å². The van der Waals surface area contributed by atoms with Gasteiger partial charge in [0.05, 0.1) is 18.8 Å². The maximum Gasteiger partial charge on any atom is 0.125 e. The molecule has 20 heavy (non-hydrogen) atoms. The summed E-state index contributed by atoms with van der Waals surface area (Å²) in [6.07, 6.45) is 2.27. The second-order valence-electron chi connectivity index (χ2n) is 5.77. The summed E-state index contributed by atoms with van der Waals surface area (Å²) < 4.78 is 17.2. The Labute approximate surface area is 120 Å². The number of rotatable bonds is 5. The minimum atomic E-state index is 0.00713. The molecule has 2 fully saturated rings. The van der Waals surface area contributed by atoms with Gasteiger partial charge in [-0.05, 0) is 18.6 Å². The molecule has 2 atom stereocenters. The van der Waals surface area contributed by atoms with Crippen LogP contribution in [-0.2, 0) is 9.47 Å². The first-order valence-corrected chi connectivity index (χ1v) is 7.37. The Kier molecular flexibility index (Phi) is 4.24. The standard InChI is InChI=1S/C16H23NO3/c1-18-10-9-17-8-7-16(13-17)11-15(12-19-16)20-14-5-3-2-4-6-14/h2-6,15H,7-13H2,1H3/t15-,16-/m1/s1. The Morgan fingerprint density at radius 3 is 3.00 bits per heavy atom. The van der Waals surface area contributed by atoms with E-state index in [0.717, 1.165) is 44.8 Å². The highest BCUT2D eigenvalue weighted by molar-refractivity contribution is 5.21. The van der Waals surface area contributed by atoms with Crippen molar-refractivity contribution >= 4 is 0 Å². The molecule has 1 spiro atoms. The lowest BCUT2D eigenvalue weighted by Gasteiger charge is -2.23. The van der Waals surface area contributed by atoms with Gasteiger partial charge in [0.15, 0.2) is 0 Å². The van der Waals surface area contributed by atoms with Crippen molar-refractivity contribution in [1.82, 2.24) is 4.90 Å². The number of para-hydroxylation sites is 1. The van der Waals surface area contributed by atoms with E-state index in [1.807, 2.05) is 30.3 Å². The van der Waals surface area contributed by atoms with E-state index >= 15 is 0 Å². The first-order valence-electron chi connectivity index (χ1n) is 7.37. The molecule has 0 aromatic heterocycles. The van der Waals surface area contributed by atoms with Gasteiger partial charge in [-0.2, -0.15) is 0 Å². The number of nitrogens with zero attached hydrogens (tertiary/aromatic N) is 1. The number of methoxy groups -OCH3 is 1. The number of benzene rings is 1. The SMILES string of the molecule is COCCN1CC[C@@]2(C[C@@H](Oc3ccccc3)CO2)C1. The smallest absolute Gasteiger partial charge is 0.125 e. The Morgan fingerprint density at radius 1 is 1.35 bits per heavy atom. The first-order chi connectivity index (χ1) is 9.80. The summed E-state index contributed by atoms with van der Waals surface area (Å²) in [4.78, 5) is 2.42. The molecule has 0 radical (unpaired) electrons. The zero-order chi connectivity index (χ0) is 13.8. The average Bonchev–Trinajstić information content (AvgIpc) is 3.05. The van der Waals surface area contributed by atoms with Crippen LogP contribution in [0.3, 0.4) is 0 Å². The van der Waals surface area contributed by atoms with Crippen molar-refractivity contribution in [3.8, 4) is 5.75 Å². The van der Waals surface area contributed by atoms with Crippen LogP contribution in [0, 0.1) is 0 Å². The van der Waals surface area contributed by atoms with Gasteiger partial charge in [0.25, 0.3) is 0 Å². The molecule has 0 bridgehead atoms. The molecule has 2 saturated heterocycles. The van der Waals surface area contributed by atoms with E-state index in [9.17, 15) is 0 Å². The van der Waals surface area contributed by atoms with E-state index < -0.39 is 0 Å². The maximum absolute atomic E-state index is 6.09. The minimum absolute atomic E-state index is 0.00713. The highest BCUT2D eigenvalue weighted by Gasteiger charge is 2.46. The lowest BCUT2D eigenvalue weighted by atomic mass is 9.98. The molecule has 110 valence electrons. The molecule has 0 N–H and O–H groups in total. The van der Waals surface area contributed by atoms with E-state index in [-0.39, 0.29) is 11.7 Å². The second-order valence-corrected chi connectivity index (χ2v) is 5.77. The highest BCUT2D eigenvalue weighted by Crippen LogP contribution is 2.36. The molecule has 2 aliphatic heterocycles. The van der Waals surface area contributed by atoms with E-state index in [2.05, 4.69) is 4.90 Å². The zero-order valence-electron chi connectivity index (χ0n) is 12.1. The predicted molar refractivity (Wildman–Crippen MR) is 77.1 cm³/mol. The molecule has 0 aliphatic carbocycles. The van der Waals surface area contributed by atoms with Crippen molar-refractivity contribution in [1.29, 1.82) is 0 Å². The molecule has 1 aromatic rings. The zero-order valence-corrected chi connectivity index (χ0v) is 12.1. The summed E-state index contributed by atoms with van der Waals surface area (Å²) in [6.45, 7) is 4.59. The summed E-state index contributed by atoms with van der Waals surface area (Å²) in [5.74, 6) is 0.937. The average molecular weight is 277 g/mol. The molecule has 1 aromatic carbocycles. The van der Waals surface area contributed by atoms with Gasteiger partial charge in [-0.25, -0.2) is 0 Å². The van der Waals surface area contributed by atoms with E-state index in [0.29, 0.717) is 6.61 Å². The summed E-state index contributed by atoms with van der Waals surface area (Å²) in [7, 11) is 1.75. The molecule has 0 amide bonds. The van der Waals surface area contributed by atoms with Crippen molar-refractivity contribution < 1.29 is 14.2 Å². The molecule has 2 heterocycles. The van der Waals surface area contributed by atoms with Crippen molar-refractivity contribution in [3.05, 3.63) is 30.3 Å². The van der Waals surface area contributed by atoms with E-state index in [1.165, 1.54) is 0 Å². The van der Waals surface area contributed by atoms with Gasteiger partial charge >= 0.3 is 0 Å². The van der Waals surface area contributed by atoms with Gasteiger partial charge in [-0.1, -0.05) is 18.2 Å². The maximum atomic E-state index is 6.09. The summed E-state index contributed by atoms with van der Waals surface area (Å²) in [6, 6.07) is 10.0. The molecular formula is C16H23NO3. The van der Waals surface area contributed by atoms with Crippen LogP contribution in [0.5, 0.6) is 5.75 Å². The van der Waals surface area contributed by atoms with Gasteiger partial charge in [-0.15, -0.1) is 0 Å². The molecular weight excluding hydrogens is 254 g/mol. The fraction of sp³-hybridized carbons (Fsp3) is 0.625. The van der Waals surface area contributed by atoms with Crippen LogP contribution in [0.4, 0.5) is 0 Å². The van der Waals surface area contributed by atoms with Gasteiger partial charge in [-0.3, -0.25) is 4.90 Å². The topological polar surface area (TPSA) is 30.9 Å². The molecule has 4 nitrogen and oxygen atoms in total. The molecule has 0 unspecified atom stereocenters. The summed E-state index contributed by atoms with van der Waals surface area (Å²) in [5, 5.41) is 0. The largest absolute Gasteiger partial charge is 0.488 e. The van der Waals surface area contributed by atoms with Crippen molar-refractivity contribution in [2.45, 2.75) is 24.5 Å². The van der Waals surface area contributed by atoms with Gasteiger partial charge in [0.2, 0.25) is 0 Å². The van der Waals surface area contributed by atoms with E-state index in [1.54, 1.807) is 7.11 Å². The summed E-state index contributed by atoms with van der Waals surface area (Å²) >= 11 is 0. The highest BCUT2D eigenvalue weighted by atomic mass is 16.6. The Hall–Kier alpha value is -1.10. The van der Waals surface area contributed by atoms with Crippen molar-refractivity contribution in [3.63, 3.8) is 0 Å². The number of likely N-dealkylation sites (tertiary alicyclic amines) is 1. The van der Waals surface area contributed by atoms with Gasteiger partial charge in [0, 0.05) is 33.2 Å². The Balaban J connectivity index is 1.52. The lowest BCUT2D eigenvalue weighted by molar-refractivity contribution is 0.00837. The number of hydrogen-bond donors (Lipinski definition) is 0. The third kappa shape index (κ3) is 3.14. The van der Waals surface area contributed by atoms with E-state index in [4.69, 9.17) is 14.2 Å². The van der Waals surface area contributed by atoms with Crippen LogP contribution >= 0.6 is 0 Å². The van der Waals surface area contributed by atoms with Crippen LogP contribution in [0.15, 0.2) is 30.3 Å². The molecule has 3 rings (SSSR count). The lowest BCUT2D eigenvalue weighted by Crippen LogP contribution is -2.34. The molecule has 4 heteroatoms. The first kappa shape index (κ1) is 13.9. The third-order valence-corrected chi connectivity index (χ3v) is 4.23. The Morgan fingerprint density at radius 2 is 2.20 bits per heavy atom. The quantitative estimate of drug-likeness (QED) is 0.823. The fourth-order valence-corrected chi connectivity index (χ4v) is 3.19. The van der Waals surface area contributed by atoms with Gasteiger partial charge in [0.1, 0.15) is 11.9 Å². The Bertz CT molecular complexity index is 425. The fourth-order valence-electron chi connectivity index (χ4n) is 3.19. The van der Waals surface area contributed by atoms with Crippen LogP contribution < -0.4 is 4.74 Å².